The van der Waals surface area contributed by atoms with E-state index < -0.39 is 10.8 Å². The molecule has 0 saturated heterocycles. The van der Waals surface area contributed by atoms with Crippen molar-refractivity contribution in [3.8, 4) is 17.2 Å². The fraction of sp³-hybridized carbons (Fsp3) is 0.179. The first-order valence-corrected chi connectivity index (χ1v) is 12.4. The number of carbonyl (C=O) groups is 1. The van der Waals surface area contributed by atoms with Gasteiger partial charge in [-0.3, -0.25) is 14.9 Å². The molecule has 4 rings (SSSR count). The van der Waals surface area contributed by atoms with E-state index in [4.69, 9.17) is 37.1 Å². The molecule has 38 heavy (non-hydrogen) atoms. The van der Waals surface area contributed by atoms with Crippen molar-refractivity contribution in [2.75, 3.05) is 5.32 Å². The van der Waals surface area contributed by atoms with Crippen LogP contribution >= 0.6 is 23.2 Å². The first-order chi connectivity index (χ1) is 18.1. The highest BCUT2D eigenvalue weighted by Gasteiger charge is 2.17. The van der Waals surface area contributed by atoms with Crippen LogP contribution in [0.5, 0.6) is 17.2 Å². The summed E-state index contributed by atoms with van der Waals surface area (Å²) in [4.78, 5) is 23.7. The number of halogens is 2. The lowest BCUT2D eigenvalue weighted by Gasteiger charge is -2.14. The molecule has 0 atom stereocenters. The molecule has 1 aromatic heterocycles. The van der Waals surface area contributed by atoms with E-state index in [9.17, 15) is 14.9 Å². The maximum Gasteiger partial charge on any atom is 0.291 e. The number of nitrogens with zero attached hydrogens (tertiary/aromatic N) is 1. The van der Waals surface area contributed by atoms with Crippen LogP contribution in [-0.4, -0.2) is 10.8 Å². The second-order valence-electron chi connectivity index (χ2n) is 8.85. The van der Waals surface area contributed by atoms with Crippen LogP contribution in [0.3, 0.4) is 0 Å². The highest BCUT2D eigenvalue weighted by Crippen LogP contribution is 2.35. The van der Waals surface area contributed by atoms with Gasteiger partial charge < -0.3 is 19.2 Å². The van der Waals surface area contributed by atoms with Gasteiger partial charge >= 0.3 is 0 Å². The van der Waals surface area contributed by atoms with Crippen LogP contribution in [0.1, 0.15) is 47.2 Å². The Hall–Kier alpha value is -4.01. The molecule has 0 aliphatic heterocycles. The molecule has 3 aromatic carbocycles. The summed E-state index contributed by atoms with van der Waals surface area (Å²) in [7, 11) is 0. The van der Waals surface area contributed by atoms with Gasteiger partial charge in [0, 0.05) is 17.2 Å². The number of amides is 1. The van der Waals surface area contributed by atoms with Crippen molar-refractivity contribution in [3.63, 3.8) is 0 Å². The number of nitrogens with one attached hydrogen (secondary N) is 1. The average molecular weight is 555 g/mol. The number of hydrogen-bond acceptors (Lipinski definition) is 6. The summed E-state index contributed by atoms with van der Waals surface area (Å²) in [5, 5.41) is 14.7. The van der Waals surface area contributed by atoms with Crippen LogP contribution in [0.2, 0.25) is 10.0 Å². The van der Waals surface area contributed by atoms with Crippen LogP contribution in [0.25, 0.3) is 0 Å². The van der Waals surface area contributed by atoms with Gasteiger partial charge in [0.1, 0.15) is 29.6 Å². The highest BCUT2D eigenvalue weighted by molar-refractivity contribution is 6.35. The van der Waals surface area contributed by atoms with Crippen molar-refractivity contribution in [3.05, 3.63) is 110 Å². The van der Waals surface area contributed by atoms with Crippen LogP contribution < -0.4 is 14.8 Å². The molecular weight excluding hydrogens is 531 g/mol. The molecule has 1 amide bonds. The lowest BCUT2D eigenvalue weighted by atomic mass is 10.0. The molecule has 0 saturated carbocycles. The molecule has 0 bridgehead atoms. The SMILES string of the molecule is Cc1ccc(C(C)C)c(OCc2ccc(C(=O)Nc3cc(Oc4ccc(Cl)cc4Cl)cc([N+](=O)[O-])c3)o2)c1. The number of anilines is 1. The Balaban J connectivity index is 1.48. The minimum Gasteiger partial charge on any atom is -0.485 e. The number of carbonyl (C=O) groups excluding carboxylic acids is 1. The van der Waals surface area contributed by atoms with Crippen molar-refractivity contribution in [2.24, 2.45) is 0 Å². The van der Waals surface area contributed by atoms with Gasteiger partial charge in [-0.1, -0.05) is 49.2 Å². The van der Waals surface area contributed by atoms with E-state index >= 15 is 0 Å². The topological polar surface area (TPSA) is 104 Å². The van der Waals surface area contributed by atoms with Crippen molar-refractivity contribution in [1.82, 2.24) is 0 Å². The third-order valence-electron chi connectivity index (χ3n) is 5.53. The fourth-order valence-electron chi connectivity index (χ4n) is 3.67. The molecule has 0 aliphatic carbocycles. The molecule has 0 radical (unpaired) electrons. The monoisotopic (exact) mass is 554 g/mol. The number of nitro groups is 1. The van der Waals surface area contributed by atoms with Gasteiger partial charge in [0.25, 0.3) is 11.6 Å². The van der Waals surface area contributed by atoms with Crippen LogP contribution in [0, 0.1) is 17.0 Å². The predicted octanol–water partition coefficient (Wildman–Crippen LogP) is 8.55. The summed E-state index contributed by atoms with van der Waals surface area (Å²) in [6.07, 6.45) is 0. The molecule has 0 unspecified atom stereocenters. The lowest BCUT2D eigenvalue weighted by molar-refractivity contribution is -0.384. The maximum atomic E-state index is 12.8. The molecule has 0 spiro atoms. The van der Waals surface area contributed by atoms with E-state index in [1.807, 2.05) is 25.1 Å². The minimum atomic E-state index is -0.592. The summed E-state index contributed by atoms with van der Waals surface area (Å²) in [5.74, 6) is 1.27. The Bertz CT molecular complexity index is 1500. The van der Waals surface area contributed by atoms with Crippen LogP contribution in [0.15, 0.2) is 71.1 Å². The molecule has 4 aromatic rings. The van der Waals surface area contributed by atoms with Crippen molar-refractivity contribution >= 4 is 40.5 Å². The van der Waals surface area contributed by atoms with Gasteiger partial charge in [-0.25, -0.2) is 0 Å². The van der Waals surface area contributed by atoms with Crippen LogP contribution in [0.4, 0.5) is 11.4 Å². The van der Waals surface area contributed by atoms with Crippen molar-refractivity contribution in [1.29, 1.82) is 0 Å². The first-order valence-electron chi connectivity index (χ1n) is 11.6. The average Bonchev–Trinajstić information content (AvgIpc) is 3.33. The van der Waals surface area contributed by atoms with Crippen LogP contribution in [-0.2, 0) is 6.61 Å². The van der Waals surface area contributed by atoms with E-state index in [0.717, 1.165) is 16.9 Å². The molecule has 1 heterocycles. The largest absolute Gasteiger partial charge is 0.485 e. The molecule has 10 heteroatoms. The number of benzene rings is 3. The summed E-state index contributed by atoms with van der Waals surface area (Å²) < 4.78 is 17.3. The van der Waals surface area contributed by atoms with E-state index in [2.05, 4.69) is 19.2 Å². The van der Waals surface area contributed by atoms with E-state index in [1.165, 1.54) is 36.4 Å². The number of non-ortho nitro benzene ring substituents is 1. The maximum absolute atomic E-state index is 12.8. The Kier molecular flexibility index (Phi) is 8.24. The Morgan fingerprint density at radius 3 is 2.53 bits per heavy atom. The number of hydrogen-bond donors (Lipinski definition) is 1. The number of furan rings is 1. The number of ether oxygens (including phenoxy) is 2. The summed E-state index contributed by atoms with van der Waals surface area (Å²) in [5.41, 5.74) is 2.00. The second kappa shape index (κ2) is 11.6. The number of rotatable bonds is 9. The predicted molar refractivity (Wildman–Crippen MR) is 146 cm³/mol. The van der Waals surface area contributed by atoms with Gasteiger partial charge in [0.15, 0.2) is 5.76 Å². The quantitative estimate of drug-likeness (QED) is 0.164. The Morgan fingerprint density at radius 2 is 1.82 bits per heavy atom. The van der Waals surface area contributed by atoms with Gasteiger partial charge in [-0.2, -0.15) is 0 Å². The van der Waals surface area contributed by atoms with E-state index in [-0.39, 0.29) is 46.2 Å². The summed E-state index contributed by atoms with van der Waals surface area (Å²) in [6, 6.07) is 17.7. The lowest BCUT2D eigenvalue weighted by Crippen LogP contribution is -2.11. The highest BCUT2D eigenvalue weighted by atomic mass is 35.5. The first kappa shape index (κ1) is 27.0. The van der Waals surface area contributed by atoms with Gasteiger partial charge in [-0.15, -0.1) is 0 Å². The smallest absolute Gasteiger partial charge is 0.291 e. The third-order valence-corrected chi connectivity index (χ3v) is 6.06. The molecule has 0 aliphatic rings. The zero-order valence-corrected chi connectivity index (χ0v) is 22.3. The minimum absolute atomic E-state index is 0.0200. The zero-order chi connectivity index (χ0) is 27.4. The molecule has 0 fully saturated rings. The Labute approximate surface area is 229 Å². The number of aryl methyl sites for hydroxylation is 1. The molecule has 8 nitrogen and oxygen atoms in total. The summed E-state index contributed by atoms with van der Waals surface area (Å²) >= 11 is 12.1. The normalized spacial score (nSPS) is 10.9. The zero-order valence-electron chi connectivity index (χ0n) is 20.8. The van der Waals surface area contributed by atoms with Gasteiger partial charge in [0.05, 0.1) is 21.7 Å². The van der Waals surface area contributed by atoms with Gasteiger partial charge in [-0.05, 0) is 60.4 Å². The number of nitro benzene ring substituents is 1. The van der Waals surface area contributed by atoms with Gasteiger partial charge in [0.2, 0.25) is 0 Å². The molecular formula is C28H24Cl2N2O6. The standard InChI is InChI=1S/C28H24Cl2N2O6/c1-16(2)23-7-4-17(3)10-27(23)36-15-21-6-9-26(37-21)28(33)31-19-12-20(32(34)35)14-22(13-19)38-25-8-5-18(29)11-24(25)30/h4-14,16H,15H2,1-3H3,(H,31,33). The third kappa shape index (κ3) is 6.65. The fourth-order valence-corrected chi connectivity index (χ4v) is 4.11. The summed E-state index contributed by atoms with van der Waals surface area (Å²) in [6.45, 7) is 6.29. The Morgan fingerprint density at radius 1 is 1.03 bits per heavy atom. The molecule has 196 valence electrons. The van der Waals surface area contributed by atoms with E-state index in [0.29, 0.717) is 10.8 Å². The van der Waals surface area contributed by atoms with Crippen molar-refractivity contribution in [2.45, 2.75) is 33.3 Å². The second-order valence-corrected chi connectivity index (χ2v) is 9.70. The van der Waals surface area contributed by atoms with Crippen molar-refractivity contribution < 1.29 is 23.6 Å². The van der Waals surface area contributed by atoms with E-state index in [1.54, 1.807) is 12.1 Å². The molecule has 1 N–H and O–H groups in total.